The van der Waals surface area contributed by atoms with Crippen LogP contribution in [0.2, 0.25) is 0 Å². The Bertz CT molecular complexity index is 1260. The number of nitrogens with zero attached hydrogens (tertiary/aromatic N) is 1. The van der Waals surface area contributed by atoms with Crippen molar-refractivity contribution >= 4 is 43.3 Å². The number of amides is 1. The number of hydrogen-bond acceptors (Lipinski definition) is 5. The molecule has 7 nitrogen and oxygen atoms in total. The van der Waals surface area contributed by atoms with E-state index in [0.29, 0.717) is 12.2 Å². The molecule has 0 unspecified atom stereocenters. The van der Waals surface area contributed by atoms with E-state index in [1.54, 1.807) is 23.6 Å². The predicted molar refractivity (Wildman–Crippen MR) is 118 cm³/mol. The largest absolute Gasteiger partial charge is 0.361 e. The predicted octanol–water partition coefficient (Wildman–Crippen LogP) is 3.33. The highest BCUT2D eigenvalue weighted by molar-refractivity contribution is 7.93. The van der Waals surface area contributed by atoms with Crippen molar-refractivity contribution in [2.24, 2.45) is 0 Å². The fraction of sp³-hybridized carbons (Fsp3) is 0.143. The second-order valence-electron chi connectivity index (χ2n) is 6.70. The number of aromatic nitrogens is 2. The lowest BCUT2D eigenvalue weighted by molar-refractivity contribution is -0.120. The van der Waals surface area contributed by atoms with E-state index < -0.39 is 10.0 Å². The lowest BCUT2D eigenvalue weighted by Crippen LogP contribution is -2.27. The van der Waals surface area contributed by atoms with Crippen molar-refractivity contribution in [3.8, 4) is 0 Å². The summed E-state index contributed by atoms with van der Waals surface area (Å²) in [7, 11) is -3.69. The number of anilines is 1. The van der Waals surface area contributed by atoms with Gasteiger partial charge in [0.05, 0.1) is 17.0 Å². The van der Waals surface area contributed by atoms with Crippen molar-refractivity contribution in [2.45, 2.75) is 17.7 Å². The van der Waals surface area contributed by atoms with E-state index in [9.17, 15) is 13.2 Å². The Morgan fingerprint density at radius 2 is 1.83 bits per heavy atom. The first kappa shape index (κ1) is 20.1. The molecule has 0 spiro atoms. The molecule has 1 amide bonds. The fourth-order valence-electron chi connectivity index (χ4n) is 3.11. The summed E-state index contributed by atoms with van der Waals surface area (Å²) in [5.74, 6) is -0.155. The molecule has 154 valence electrons. The second kappa shape index (κ2) is 8.68. The van der Waals surface area contributed by atoms with Gasteiger partial charge in [-0.1, -0.05) is 36.4 Å². The molecule has 0 aliphatic carbocycles. The maximum atomic E-state index is 12.4. The van der Waals surface area contributed by atoms with Gasteiger partial charge >= 0.3 is 0 Å². The molecule has 0 aliphatic heterocycles. The van der Waals surface area contributed by atoms with E-state index in [-0.39, 0.29) is 22.4 Å². The fourth-order valence-corrected chi connectivity index (χ4v) is 5.09. The Balaban J connectivity index is 1.30. The quantitative estimate of drug-likeness (QED) is 0.391. The number of carbonyl (C=O) groups is 1. The van der Waals surface area contributed by atoms with Crippen LogP contribution in [0.15, 0.2) is 71.1 Å². The van der Waals surface area contributed by atoms with E-state index in [1.807, 2.05) is 24.4 Å². The van der Waals surface area contributed by atoms with Crippen LogP contribution < -0.4 is 10.0 Å². The van der Waals surface area contributed by atoms with Crippen LogP contribution in [0.25, 0.3) is 10.9 Å². The van der Waals surface area contributed by atoms with Crippen molar-refractivity contribution in [3.05, 3.63) is 77.4 Å². The number of carbonyl (C=O) groups excluding carboxylic acids is 1. The van der Waals surface area contributed by atoms with Crippen LogP contribution in [0.5, 0.6) is 0 Å². The van der Waals surface area contributed by atoms with E-state index in [1.165, 1.54) is 12.1 Å². The van der Waals surface area contributed by atoms with Crippen LogP contribution in [0.3, 0.4) is 0 Å². The summed E-state index contributed by atoms with van der Waals surface area (Å²) in [6.45, 7) is 0.512. The van der Waals surface area contributed by atoms with Crippen molar-refractivity contribution in [1.82, 2.24) is 15.3 Å². The zero-order valence-electron chi connectivity index (χ0n) is 16.0. The molecule has 0 fully saturated rings. The SMILES string of the molecule is O=C(Cc1csc(NS(=O)(=O)c2ccccc2)n1)NCCc1c[nH]c2ccccc12. The Hall–Kier alpha value is -3.17. The highest BCUT2D eigenvalue weighted by Crippen LogP contribution is 2.20. The maximum Gasteiger partial charge on any atom is 0.263 e. The summed E-state index contributed by atoms with van der Waals surface area (Å²) in [5.41, 5.74) is 2.75. The third kappa shape index (κ3) is 4.69. The van der Waals surface area contributed by atoms with Gasteiger partial charge in [0.1, 0.15) is 0 Å². The standard InChI is InChI=1S/C21H20N4O3S2/c26-20(22-11-10-15-13-23-19-9-5-4-8-18(15)19)12-16-14-29-21(24-16)25-30(27,28)17-6-2-1-3-7-17/h1-9,13-14,23H,10-12H2,(H,22,26)(H,24,25). The van der Waals surface area contributed by atoms with Gasteiger partial charge in [0.15, 0.2) is 5.13 Å². The molecular weight excluding hydrogens is 420 g/mol. The summed E-state index contributed by atoms with van der Waals surface area (Å²) in [4.78, 5) is 19.8. The molecule has 2 aromatic heterocycles. The topological polar surface area (TPSA) is 104 Å². The highest BCUT2D eigenvalue weighted by Gasteiger charge is 2.16. The smallest absolute Gasteiger partial charge is 0.263 e. The number of nitrogens with one attached hydrogen (secondary N) is 3. The molecule has 0 saturated heterocycles. The van der Waals surface area contributed by atoms with Crippen LogP contribution in [0.4, 0.5) is 5.13 Å². The molecule has 4 aromatic rings. The van der Waals surface area contributed by atoms with Crippen LogP contribution in [0, 0.1) is 0 Å². The number of rotatable bonds is 8. The number of sulfonamides is 1. The minimum atomic E-state index is -3.69. The summed E-state index contributed by atoms with van der Waals surface area (Å²) < 4.78 is 27.2. The van der Waals surface area contributed by atoms with E-state index in [2.05, 4.69) is 26.1 Å². The minimum Gasteiger partial charge on any atom is -0.361 e. The molecule has 30 heavy (non-hydrogen) atoms. The van der Waals surface area contributed by atoms with E-state index in [4.69, 9.17) is 0 Å². The number of thiazole rings is 1. The first-order chi connectivity index (χ1) is 14.5. The van der Waals surface area contributed by atoms with Gasteiger partial charge in [0.25, 0.3) is 10.0 Å². The molecule has 4 rings (SSSR count). The molecule has 2 heterocycles. The molecule has 0 atom stereocenters. The Labute approximate surface area is 178 Å². The van der Waals surface area contributed by atoms with Crippen LogP contribution in [0.1, 0.15) is 11.3 Å². The van der Waals surface area contributed by atoms with Crippen molar-refractivity contribution in [2.75, 3.05) is 11.3 Å². The number of fused-ring (bicyclic) bond motifs is 1. The Morgan fingerprint density at radius 1 is 1.07 bits per heavy atom. The lowest BCUT2D eigenvalue weighted by atomic mass is 10.1. The third-order valence-corrected chi connectivity index (χ3v) is 6.85. The number of aromatic amines is 1. The van der Waals surface area contributed by atoms with Crippen LogP contribution in [-0.2, 0) is 27.7 Å². The summed E-state index contributed by atoms with van der Waals surface area (Å²) >= 11 is 1.15. The van der Waals surface area contributed by atoms with E-state index >= 15 is 0 Å². The second-order valence-corrected chi connectivity index (χ2v) is 9.24. The van der Waals surface area contributed by atoms with Gasteiger partial charge in [-0.25, -0.2) is 13.4 Å². The molecule has 2 aromatic carbocycles. The molecule has 0 saturated carbocycles. The summed E-state index contributed by atoms with van der Waals surface area (Å²) in [6, 6.07) is 16.1. The van der Waals surface area contributed by atoms with Crippen LogP contribution >= 0.6 is 11.3 Å². The molecule has 9 heteroatoms. The van der Waals surface area contributed by atoms with Crippen molar-refractivity contribution < 1.29 is 13.2 Å². The normalized spacial score (nSPS) is 11.5. The Kier molecular flexibility index (Phi) is 5.82. The van der Waals surface area contributed by atoms with Crippen LogP contribution in [-0.4, -0.2) is 30.8 Å². The first-order valence-corrected chi connectivity index (χ1v) is 11.7. The number of benzene rings is 2. The Morgan fingerprint density at radius 3 is 2.67 bits per heavy atom. The maximum absolute atomic E-state index is 12.4. The molecular formula is C21H20N4O3S2. The summed E-state index contributed by atoms with van der Waals surface area (Å²) in [6.07, 6.45) is 2.77. The van der Waals surface area contributed by atoms with Gasteiger partial charge in [0.2, 0.25) is 5.91 Å². The molecule has 0 bridgehead atoms. The summed E-state index contributed by atoms with van der Waals surface area (Å²) in [5, 5.41) is 5.96. The van der Waals surface area contributed by atoms with Gasteiger partial charge in [-0.15, -0.1) is 11.3 Å². The van der Waals surface area contributed by atoms with Gasteiger partial charge in [-0.2, -0.15) is 0 Å². The molecule has 3 N–H and O–H groups in total. The van der Waals surface area contributed by atoms with Gasteiger partial charge < -0.3 is 10.3 Å². The average Bonchev–Trinajstić information content (AvgIpc) is 3.35. The number of hydrogen-bond donors (Lipinski definition) is 3. The molecule has 0 aliphatic rings. The van der Waals surface area contributed by atoms with E-state index in [0.717, 1.165) is 34.2 Å². The third-order valence-electron chi connectivity index (χ3n) is 4.56. The zero-order valence-corrected chi connectivity index (χ0v) is 17.6. The van der Waals surface area contributed by atoms with Gasteiger partial charge in [-0.05, 0) is 30.2 Å². The number of para-hydroxylation sites is 1. The first-order valence-electron chi connectivity index (χ1n) is 9.35. The zero-order chi connectivity index (χ0) is 21.0. The minimum absolute atomic E-state index is 0.0947. The van der Waals surface area contributed by atoms with Crippen molar-refractivity contribution in [3.63, 3.8) is 0 Å². The van der Waals surface area contributed by atoms with Gasteiger partial charge in [0, 0.05) is 29.0 Å². The lowest BCUT2D eigenvalue weighted by Gasteiger charge is -2.05. The van der Waals surface area contributed by atoms with Crippen molar-refractivity contribution in [1.29, 1.82) is 0 Å². The monoisotopic (exact) mass is 440 g/mol. The average molecular weight is 441 g/mol. The number of H-pyrrole nitrogens is 1. The van der Waals surface area contributed by atoms with Gasteiger partial charge in [-0.3, -0.25) is 9.52 Å². The molecule has 0 radical (unpaired) electrons. The highest BCUT2D eigenvalue weighted by atomic mass is 32.2.